The number of aromatic nitrogens is 1. The van der Waals surface area contributed by atoms with Crippen LogP contribution in [0.25, 0.3) is 0 Å². The van der Waals surface area contributed by atoms with Gasteiger partial charge in [-0.05, 0) is 39.5 Å². The first-order chi connectivity index (χ1) is 9.06. The van der Waals surface area contributed by atoms with E-state index in [-0.39, 0.29) is 11.9 Å². The lowest BCUT2D eigenvalue weighted by molar-refractivity contribution is -0.135. The molecule has 2 N–H and O–H groups in total. The van der Waals surface area contributed by atoms with Crippen molar-refractivity contribution in [3.8, 4) is 0 Å². The van der Waals surface area contributed by atoms with Crippen LogP contribution in [-0.2, 0) is 11.2 Å². The van der Waals surface area contributed by atoms with Gasteiger partial charge in [-0.25, -0.2) is 0 Å². The molecule has 0 aliphatic carbocycles. The Hall–Kier alpha value is -1.36. The largest absolute Gasteiger partial charge is 0.361 e. The van der Waals surface area contributed by atoms with Crippen LogP contribution >= 0.6 is 0 Å². The van der Waals surface area contributed by atoms with Gasteiger partial charge in [0.25, 0.3) is 0 Å². The van der Waals surface area contributed by atoms with Gasteiger partial charge in [0, 0.05) is 23.7 Å². The predicted molar refractivity (Wildman–Crippen MR) is 70.5 cm³/mol. The first kappa shape index (κ1) is 12.7. The highest BCUT2D eigenvalue weighted by Crippen LogP contribution is 2.35. The Bertz CT molecular complexity index is 463. The van der Waals surface area contributed by atoms with Crippen LogP contribution in [0.2, 0.25) is 0 Å². The summed E-state index contributed by atoms with van der Waals surface area (Å²) in [5.41, 5.74) is 7.81. The molecule has 0 aromatic carbocycles. The monoisotopic (exact) mass is 263 g/mol. The minimum atomic E-state index is 0.203. The number of carbonyl (C=O) groups excluding carboxylic acids is 1. The fourth-order valence-corrected chi connectivity index (χ4v) is 3.62. The van der Waals surface area contributed by atoms with E-state index in [1.807, 2.05) is 13.8 Å². The fraction of sp³-hybridized carbons (Fsp3) is 0.714. The Balaban J connectivity index is 1.75. The van der Waals surface area contributed by atoms with Crippen LogP contribution in [0.1, 0.15) is 42.7 Å². The molecule has 104 valence electrons. The van der Waals surface area contributed by atoms with Crippen molar-refractivity contribution in [2.45, 2.75) is 64.1 Å². The van der Waals surface area contributed by atoms with Gasteiger partial charge < -0.3 is 15.2 Å². The zero-order valence-corrected chi connectivity index (χ0v) is 11.6. The van der Waals surface area contributed by atoms with Crippen LogP contribution in [0.5, 0.6) is 0 Å². The number of hydrogen-bond acceptors (Lipinski definition) is 4. The third-order valence-electron chi connectivity index (χ3n) is 4.57. The van der Waals surface area contributed by atoms with Crippen molar-refractivity contribution in [2.75, 3.05) is 0 Å². The first-order valence-electron chi connectivity index (χ1n) is 7.04. The molecule has 1 aromatic heterocycles. The highest BCUT2D eigenvalue weighted by Gasteiger charge is 2.42. The van der Waals surface area contributed by atoms with Crippen molar-refractivity contribution in [2.24, 2.45) is 5.73 Å². The topological polar surface area (TPSA) is 72.4 Å². The molecular weight excluding hydrogens is 242 g/mol. The predicted octanol–water partition coefficient (Wildman–Crippen LogP) is 1.31. The van der Waals surface area contributed by atoms with Gasteiger partial charge in [-0.15, -0.1) is 0 Å². The summed E-state index contributed by atoms with van der Waals surface area (Å²) in [4.78, 5) is 14.6. The van der Waals surface area contributed by atoms with Crippen LogP contribution in [0.4, 0.5) is 0 Å². The van der Waals surface area contributed by atoms with E-state index in [9.17, 15) is 4.79 Å². The summed E-state index contributed by atoms with van der Waals surface area (Å²) >= 11 is 0. The van der Waals surface area contributed by atoms with Gasteiger partial charge in [0.2, 0.25) is 5.91 Å². The van der Waals surface area contributed by atoms with E-state index in [2.05, 4.69) is 10.1 Å². The van der Waals surface area contributed by atoms with E-state index in [4.69, 9.17) is 10.3 Å². The molecule has 1 amide bonds. The maximum Gasteiger partial charge on any atom is 0.227 e. The van der Waals surface area contributed by atoms with Gasteiger partial charge >= 0.3 is 0 Å². The van der Waals surface area contributed by atoms with E-state index in [1.165, 1.54) is 0 Å². The lowest BCUT2D eigenvalue weighted by Gasteiger charge is -2.37. The fourth-order valence-electron chi connectivity index (χ4n) is 3.62. The third kappa shape index (κ3) is 2.16. The summed E-state index contributed by atoms with van der Waals surface area (Å²) in [6.45, 7) is 3.75. The number of aryl methyl sites for hydroxylation is 2. The highest BCUT2D eigenvalue weighted by atomic mass is 16.5. The molecule has 3 rings (SSSR count). The van der Waals surface area contributed by atoms with Gasteiger partial charge in [0.15, 0.2) is 0 Å². The van der Waals surface area contributed by atoms with Crippen LogP contribution in [0.3, 0.4) is 0 Å². The molecule has 0 radical (unpaired) electrons. The van der Waals surface area contributed by atoms with Gasteiger partial charge in [-0.1, -0.05) is 5.16 Å². The van der Waals surface area contributed by atoms with Crippen molar-refractivity contribution >= 4 is 5.91 Å². The Morgan fingerprint density at radius 1 is 1.37 bits per heavy atom. The zero-order valence-electron chi connectivity index (χ0n) is 11.6. The molecule has 2 aliphatic rings. The van der Waals surface area contributed by atoms with E-state index < -0.39 is 0 Å². The van der Waals surface area contributed by atoms with Crippen molar-refractivity contribution < 1.29 is 9.32 Å². The molecule has 2 aliphatic heterocycles. The molecule has 5 nitrogen and oxygen atoms in total. The van der Waals surface area contributed by atoms with Crippen molar-refractivity contribution in [1.82, 2.24) is 10.1 Å². The Morgan fingerprint density at radius 3 is 2.53 bits per heavy atom. The number of piperidine rings is 1. The summed E-state index contributed by atoms with van der Waals surface area (Å²) in [5, 5.41) is 3.91. The van der Waals surface area contributed by atoms with Gasteiger partial charge in [0.05, 0.1) is 12.1 Å². The second-order valence-electron chi connectivity index (χ2n) is 5.90. The molecule has 2 bridgehead atoms. The number of nitrogens with zero attached hydrogens (tertiary/aromatic N) is 2. The molecular formula is C14H21N3O2. The second kappa shape index (κ2) is 4.63. The molecule has 2 saturated heterocycles. The van der Waals surface area contributed by atoms with Gasteiger partial charge in [-0.2, -0.15) is 0 Å². The molecule has 0 saturated carbocycles. The minimum Gasteiger partial charge on any atom is -0.361 e. The van der Waals surface area contributed by atoms with E-state index in [0.29, 0.717) is 18.5 Å². The first-order valence-corrected chi connectivity index (χ1v) is 7.04. The SMILES string of the molecule is Cc1noc(C)c1CC(=O)N1C2CCC1CC(N)C2. The molecule has 2 fully saturated rings. The average molecular weight is 263 g/mol. The van der Waals surface area contributed by atoms with E-state index >= 15 is 0 Å². The third-order valence-corrected chi connectivity index (χ3v) is 4.57. The molecule has 19 heavy (non-hydrogen) atoms. The van der Waals surface area contributed by atoms with Crippen molar-refractivity contribution in [3.63, 3.8) is 0 Å². The summed E-state index contributed by atoms with van der Waals surface area (Å²) in [5.74, 6) is 0.959. The van der Waals surface area contributed by atoms with Gasteiger partial charge in [0.1, 0.15) is 5.76 Å². The lowest BCUT2D eigenvalue weighted by Crippen LogP contribution is -2.50. The van der Waals surface area contributed by atoms with Crippen molar-refractivity contribution in [3.05, 3.63) is 17.0 Å². The summed E-state index contributed by atoms with van der Waals surface area (Å²) in [6, 6.07) is 0.962. The van der Waals surface area contributed by atoms with Crippen LogP contribution < -0.4 is 5.73 Å². The summed E-state index contributed by atoms with van der Waals surface area (Å²) < 4.78 is 5.13. The standard InChI is InChI=1S/C14H21N3O2/c1-8-13(9(2)19-16-8)7-14(18)17-11-3-4-12(17)6-10(15)5-11/h10-12H,3-7,15H2,1-2H3. The van der Waals surface area contributed by atoms with Crippen LogP contribution in [0, 0.1) is 13.8 Å². The van der Waals surface area contributed by atoms with Crippen LogP contribution in [0.15, 0.2) is 4.52 Å². The number of hydrogen-bond donors (Lipinski definition) is 1. The quantitative estimate of drug-likeness (QED) is 0.873. The number of fused-ring (bicyclic) bond motifs is 2. The molecule has 2 unspecified atom stereocenters. The second-order valence-corrected chi connectivity index (χ2v) is 5.90. The smallest absolute Gasteiger partial charge is 0.227 e. The summed E-state index contributed by atoms with van der Waals surface area (Å²) in [7, 11) is 0. The maximum absolute atomic E-state index is 12.6. The highest BCUT2D eigenvalue weighted by molar-refractivity contribution is 5.80. The molecule has 3 heterocycles. The maximum atomic E-state index is 12.6. The molecule has 1 aromatic rings. The molecule has 5 heteroatoms. The lowest BCUT2D eigenvalue weighted by atomic mass is 9.97. The summed E-state index contributed by atoms with van der Waals surface area (Å²) in [6.07, 6.45) is 4.51. The van der Waals surface area contributed by atoms with Crippen LogP contribution in [-0.4, -0.2) is 34.1 Å². The average Bonchev–Trinajstić information content (AvgIpc) is 2.81. The van der Waals surface area contributed by atoms with E-state index in [1.54, 1.807) is 0 Å². The van der Waals surface area contributed by atoms with Crippen molar-refractivity contribution in [1.29, 1.82) is 0 Å². The normalized spacial score (nSPS) is 29.8. The molecule has 2 atom stereocenters. The Morgan fingerprint density at radius 2 is 2.00 bits per heavy atom. The minimum absolute atomic E-state index is 0.203. The van der Waals surface area contributed by atoms with E-state index in [0.717, 1.165) is 42.7 Å². The number of rotatable bonds is 2. The Kier molecular flexibility index (Phi) is 3.09. The number of carbonyl (C=O) groups is 1. The molecule has 0 spiro atoms. The zero-order chi connectivity index (χ0) is 13.6. The van der Waals surface area contributed by atoms with Gasteiger partial charge in [-0.3, -0.25) is 4.79 Å². The Labute approximate surface area is 113 Å². The number of nitrogens with two attached hydrogens (primary N) is 1. The number of amides is 1.